The van der Waals surface area contributed by atoms with Crippen LogP contribution in [-0.2, 0) is 14.2 Å². The van der Waals surface area contributed by atoms with E-state index in [1.54, 1.807) is 7.11 Å². The number of hydrogen-bond donors (Lipinski definition) is 0. The maximum atomic E-state index is 5.75. The molecule has 1 saturated heterocycles. The first-order valence-corrected chi connectivity index (χ1v) is 6.77. The fourth-order valence-electron chi connectivity index (χ4n) is 1.92. The average Bonchev–Trinajstić information content (AvgIpc) is 2.29. The van der Waals surface area contributed by atoms with Gasteiger partial charge in [0.25, 0.3) is 0 Å². The molecule has 0 bridgehead atoms. The van der Waals surface area contributed by atoms with Crippen molar-refractivity contribution in [2.45, 2.75) is 65.3 Å². The van der Waals surface area contributed by atoms with Crippen LogP contribution in [0.1, 0.15) is 52.9 Å². The zero-order valence-corrected chi connectivity index (χ0v) is 11.8. The van der Waals surface area contributed by atoms with E-state index in [1.807, 2.05) is 0 Å². The zero-order chi connectivity index (χ0) is 12.7. The molecule has 0 aromatic heterocycles. The van der Waals surface area contributed by atoms with Crippen LogP contribution in [0.25, 0.3) is 0 Å². The molecular formula is C14H28O3. The molecule has 3 heteroatoms. The molecule has 2 atom stereocenters. The Labute approximate surface area is 106 Å². The van der Waals surface area contributed by atoms with E-state index in [1.165, 1.54) is 6.42 Å². The second kappa shape index (κ2) is 7.34. The third kappa shape index (κ3) is 7.02. The van der Waals surface area contributed by atoms with Crippen molar-refractivity contribution < 1.29 is 14.2 Å². The molecule has 0 spiro atoms. The monoisotopic (exact) mass is 244 g/mol. The van der Waals surface area contributed by atoms with Gasteiger partial charge in [-0.15, -0.1) is 0 Å². The van der Waals surface area contributed by atoms with Crippen LogP contribution in [0, 0.1) is 5.41 Å². The van der Waals surface area contributed by atoms with E-state index in [0.29, 0.717) is 12.0 Å². The summed E-state index contributed by atoms with van der Waals surface area (Å²) in [4.78, 5) is 0. The highest BCUT2D eigenvalue weighted by Crippen LogP contribution is 2.23. The summed E-state index contributed by atoms with van der Waals surface area (Å²) in [7, 11) is 1.76. The molecule has 0 N–H and O–H groups in total. The smallest absolute Gasteiger partial charge is 0.157 e. The normalized spacial score (nSPS) is 23.6. The van der Waals surface area contributed by atoms with E-state index in [9.17, 15) is 0 Å². The molecule has 0 aromatic rings. The molecule has 102 valence electrons. The first-order chi connectivity index (χ1) is 8.01. The zero-order valence-electron chi connectivity index (χ0n) is 11.8. The minimum Gasteiger partial charge on any atom is -0.379 e. The fraction of sp³-hybridized carbons (Fsp3) is 1.00. The summed E-state index contributed by atoms with van der Waals surface area (Å²) in [5, 5.41) is 0. The van der Waals surface area contributed by atoms with Crippen LogP contribution in [0.2, 0.25) is 0 Å². The molecule has 0 saturated carbocycles. The molecule has 1 fully saturated rings. The lowest BCUT2D eigenvalue weighted by molar-refractivity contribution is -0.178. The molecule has 0 aromatic carbocycles. The van der Waals surface area contributed by atoms with E-state index < -0.39 is 0 Å². The summed E-state index contributed by atoms with van der Waals surface area (Å²) in [5.41, 5.74) is 0.359. The van der Waals surface area contributed by atoms with Crippen LogP contribution in [0.4, 0.5) is 0 Å². The SMILES string of the molecule is COC(CCC(C)(C)C)COC1CCCCO1. The predicted molar refractivity (Wildman–Crippen MR) is 69.0 cm³/mol. The Balaban J connectivity index is 2.17. The van der Waals surface area contributed by atoms with Crippen LogP contribution in [0.3, 0.4) is 0 Å². The van der Waals surface area contributed by atoms with Gasteiger partial charge in [-0.2, -0.15) is 0 Å². The van der Waals surface area contributed by atoms with Gasteiger partial charge in [0.1, 0.15) is 0 Å². The Bertz CT molecular complexity index is 192. The van der Waals surface area contributed by atoms with Crippen molar-refractivity contribution in [1.82, 2.24) is 0 Å². The summed E-state index contributed by atoms with van der Waals surface area (Å²) in [6, 6.07) is 0. The third-order valence-corrected chi connectivity index (χ3v) is 3.16. The van der Waals surface area contributed by atoms with Gasteiger partial charge in [-0.25, -0.2) is 0 Å². The quantitative estimate of drug-likeness (QED) is 0.717. The average molecular weight is 244 g/mol. The van der Waals surface area contributed by atoms with E-state index in [4.69, 9.17) is 14.2 Å². The first kappa shape index (κ1) is 14.9. The van der Waals surface area contributed by atoms with E-state index in [0.717, 1.165) is 32.3 Å². The van der Waals surface area contributed by atoms with Crippen molar-refractivity contribution in [3.63, 3.8) is 0 Å². The number of methoxy groups -OCH3 is 1. The highest BCUT2D eigenvalue weighted by molar-refractivity contribution is 4.66. The standard InChI is InChI=1S/C14H28O3/c1-14(2,3)9-8-12(15-4)11-17-13-7-5-6-10-16-13/h12-13H,5-11H2,1-4H3. The minimum atomic E-state index is -0.00367. The molecule has 2 unspecified atom stereocenters. The van der Waals surface area contributed by atoms with Crippen molar-refractivity contribution in [1.29, 1.82) is 0 Å². The highest BCUT2D eigenvalue weighted by atomic mass is 16.7. The Morgan fingerprint density at radius 2 is 2.06 bits per heavy atom. The molecule has 1 heterocycles. The van der Waals surface area contributed by atoms with Crippen molar-refractivity contribution >= 4 is 0 Å². The van der Waals surface area contributed by atoms with Gasteiger partial charge in [0, 0.05) is 13.7 Å². The van der Waals surface area contributed by atoms with Crippen molar-refractivity contribution in [3.8, 4) is 0 Å². The van der Waals surface area contributed by atoms with Gasteiger partial charge >= 0.3 is 0 Å². The molecule has 3 nitrogen and oxygen atoms in total. The summed E-state index contributed by atoms with van der Waals surface area (Å²) >= 11 is 0. The molecule has 0 amide bonds. The third-order valence-electron chi connectivity index (χ3n) is 3.16. The summed E-state index contributed by atoms with van der Waals surface area (Å²) in [5.74, 6) is 0. The van der Waals surface area contributed by atoms with Gasteiger partial charge in [-0.3, -0.25) is 0 Å². The number of hydrogen-bond acceptors (Lipinski definition) is 3. The lowest BCUT2D eigenvalue weighted by atomic mass is 9.89. The summed E-state index contributed by atoms with van der Waals surface area (Å²) < 4.78 is 16.8. The molecule has 17 heavy (non-hydrogen) atoms. The molecular weight excluding hydrogens is 216 g/mol. The van der Waals surface area contributed by atoms with Crippen LogP contribution < -0.4 is 0 Å². The first-order valence-electron chi connectivity index (χ1n) is 6.77. The molecule has 1 rings (SSSR count). The van der Waals surface area contributed by atoms with Crippen LogP contribution in [0.15, 0.2) is 0 Å². The Morgan fingerprint density at radius 1 is 1.29 bits per heavy atom. The van der Waals surface area contributed by atoms with E-state index >= 15 is 0 Å². The topological polar surface area (TPSA) is 27.7 Å². The van der Waals surface area contributed by atoms with E-state index in [-0.39, 0.29) is 12.4 Å². The molecule has 1 aliphatic heterocycles. The molecule has 0 radical (unpaired) electrons. The second-order valence-corrected chi connectivity index (χ2v) is 6.09. The van der Waals surface area contributed by atoms with Gasteiger partial charge in [0.2, 0.25) is 0 Å². The number of ether oxygens (including phenoxy) is 3. The van der Waals surface area contributed by atoms with E-state index in [2.05, 4.69) is 20.8 Å². The largest absolute Gasteiger partial charge is 0.379 e. The Hall–Kier alpha value is -0.120. The maximum absolute atomic E-state index is 5.75. The fourth-order valence-corrected chi connectivity index (χ4v) is 1.92. The lowest BCUT2D eigenvalue weighted by Gasteiger charge is -2.26. The lowest BCUT2D eigenvalue weighted by Crippen LogP contribution is -2.28. The van der Waals surface area contributed by atoms with Crippen molar-refractivity contribution in [3.05, 3.63) is 0 Å². The van der Waals surface area contributed by atoms with Gasteiger partial charge in [-0.05, 0) is 37.5 Å². The maximum Gasteiger partial charge on any atom is 0.157 e. The van der Waals surface area contributed by atoms with Crippen LogP contribution >= 0.6 is 0 Å². The van der Waals surface area contributed by atoms with Crippen molar-refractivity contribution in [2.24, 2.45) is 5.41 Å². The van der Waals surface area contributed by atoms with Crippen LogP contribution in [-0.4, -0.2) is 32.7 Å². The van der Waals surface area contributed by atoms with Gasteiger partial charge < -0.3 is 14.2 Å². The molecule has 1 aliphatic rings. The number of rotatable bonds is 6. The Kier molecular flexibility index (Phi) is 6.45. The Morgan fingerprint density at radius 3 is 2.59 bits per heavy atom. The highest BCUT2D eigenvalue weighted by Gasteiger charge is 2.19. The van der Waals surface area contributed by atoms with Gasteiger partial charge in [-0.1, -0.05) is 20.8 Å². The van der Waals surface area contributed by atoms with Gasteiger partial charge in [0.15, 0.2) is 6.29 Å². The summed E-state index contributed by atoms with van der Waals surface area (Å²) in [6.45, 7) is 8.25. The second-order valence-electron chi connectivity index (χ2n) is 6.09. The summed E-state index contributed by atoms with van der Waals surface area (Å²) in [6.07, 6.45) is 5.79. The predicted octanol–water partition coefficient (Wildman–Crippen LogP) is 3.37. The molecule has 0 aliphatic carbocycles. The van der Waals surface area contributed by atoms with Crippen LogP contribution in [0.5, 0.6) is 0 Å². The van der Waals surface area contributed by atoms with Crippen molar-refractivity contribution in [2.75, 3.05) is 20.3 Å². The van der Waals surface area contributed by atoms with Gasteiger partial charge in [0.05, 0.1) is 12.7 Å². The minimum absolute atomic E-state index is 0.00367.